The smallest absolute Gasteiger partial charge is 0.264 e. The first kappa shape index (κ1) is 39.8. The first-order valence-electron chi connectivity index (χ1n) is 19.9. The van der Waals surface area contributed by atoms with E-state index in [2.05, 4.69) is 21.3 Å². The fourth-order valence-electron chi connectivity index (χ4n) is 9.18. The van der Waals surface area contributed by atoms with Crippen molar-refractivity contribution in [1.82, 2.24) is 15.5 Å². The molecular weight excluding hydrogens is 729 g/mol. The fourth-order valence-corrected chi connectivity index (χ4v) is 11.7. The van der Waals surface area contributed by atoms with E-state index in [4.69, 9.17) is 4.74 Å². The van der Waals surface area contributed by atoms with Crippen molar-refractivity contribution in [3.63, 3.8) is 0 Å². The summed E-state index contributed by atoms with van der Waals surface area (Å²) in [6.07, 6.45) is 2.52. The van der Waals surface area contributed by atoms with E-state index >= 15 is 4.79 Å². The lowest BCUT2D eigenvalue weighted by Crippen LogP contribution is -2.46. The Kier molecular flexibility index (Phi) is 11.8. The summed E-state index contributed by atoms with van der Waals surface area (Å²) in [6.45, 7) is 7.56. The maximum Gasteiger partial charge on any atom is 0.264 e. The van der Waals surface area contributed by atoms with E-state index < -0.39 is 31.5 Å². The van der Waals surface area contributed by atoms with Crippen LogP contribution in [0.3, 0.4) is 0 Å². The van der Waals surface area contributed by atoms with Crippen LogP contribution in [0, 0.1) is 5.92 Å². The molecule has 6 N–H and O–H groups in total. The minimum Gasteiger partial charge on any atom is -0.432 e. The third kappa shape index (κ3) is 8.04. The quantitative estimate of drug-likeness (QED) is 0.141. The van der Waals surface area contributed by atoms with Gasteiger partial charge in [0.25, 0.3) is 5.91 Å². The van der Waals surface area contributed by atoms with Gasteiger partial charge < -0.3 is 45.7 Å². The normalized spacial score (nSPS) is 25.8. The molecule has 3 fully saturated rings. The van der Waals surface area contributed by atoms with Crippen molar-refractivity contribution in [2.45, 2.75) is 94.5 Å². The Morgan fingerprint density at radius 1 is 0.911 bits per heavy atom. The Morgan fingerprint density at radius 2 is 1.54 bits per heavy atom. The lowest BCUT2D eigenvalue weighted by Gasteiger charge is -2.32. The minimum atomic E-state index is -3.11. The van der Waals surface area contributed by atoms with Crippen LogP contribution < -0.4 is 26.2 Å². The minimum absolute atomic E-state index is 0.0719. The molecule has 4 aliphatic rings. The van der Waals surface area contributed by atoms with Gasteiger partial charge in [0.05, 0.1) is 43.4 Å². The molecule has 0 radical (unpaired) electrons. The fraction of sp³-hybridized carbons (Fsp3) is 0.476. The van der Waals surface area contributed by atoms with Crippen LogP contribution >= 0.6 is 0 Å². The molecule has 13 nitrogen and oxygen atoms in total. The molecule has 6 atom stereocenters. The van der Waals surface area contributed by atoms with Crippen molar-refractivity contribution in [2.75, 3.05) is 41.8 Å². The number of carbonyl (C=O) groups is 4. The summed E-state index contributed by atoms with van der Waals surface area (Å²) in [5, 5.41) is 22.4. The predicted molar refractivity (Wildman–Crippen MR) is 216 cm³/mol. The number of amides is 4. The lowest BCUT2D eigenvalue weighted by molar-refractivity contribution is -0.150. The highest BCUT2D eigenvalue weighted by Gasteiger charge is 2.66. The summed E-state index contributed by atoms with van der Waals surface area (Å²) >= 11 is 0. The van der Waals surface area contributed by atoms with Gasteiger partial charge in [0.1, 0.15) is 0 Å². The number of carbonyl (C=O) groups excluding carboxylic acids is 4. The molecular formula is C42H54N6O7Si. The number of aliphatic hydroxyl groups is 1. The molecule has 0 unspecified atom stereocenters. The second-order valence-electron chi connectivity index (χ2n) is 16.2. The van der Waals surface area contributed by atoms with Crippen LogP contribution in [0.2, 0.25) is 18.6 Å². The Morgan fingerprint density at radius 3 is 2.12 bits per heavy atom. The maximum atomic E-state index is 15.1. The molecule has 3 aromatic carbocycles. The van der Waals surface area contributed by atoms with E-state index in [0.717, 1.165) is 49.9 Å². The number of nitrogens with zero attached hydrogens (tertiary/aromatic N) is 2. The number of benzene rings is 3. The average Bonchev–Trinajstić information content (AvgIpc) is 3.99. The highest BCUT2D eigenvalue weighted by molar-refractivity contribution is 6.71. The van der Waals surface area contributed by atoms with Crippen molar-refractivity contribution >= 4 is 49.0 Å². The monoisotopic (exact) mass is 782 g/mol. The van der Waals surface area contributed by atoms with E-state index in [0.29, 0.717) is 29.2 Å². The number of aliphatic hydroxyl groups excluding tert-OH is 1. The summed E-state index contributed by atoms with van der Waals surface area (Å²) in [7, 11) is -3.11. The summed E-state index contributed by atoms with van der Waals surface area (Å²) in [5.74, 6) is -1.31. The van der Waals surface area contributed by atoms with Gasteiger partial charge in [0, 0.05) is 41.5 Å². The van der Waals surface area contributed by atoms with Gasteiger partial charge in [0.15, 0.2) is 13.9 Å². The standard InChI is InChI=1S/C42H54N6O7Si/c1-27-38(56(2,3)54)36(24-37(50)47(21-22-49)25-28-9-5-4-6-10-28)55-42(27)32-23-31(46-40(52)34-12-8-20-44-34)17-18-35(32)48(41(42)53)26-29-13-15-30(16-14-29)45-39(51)33-11-7-19-43-33/h4-6,9-10,13-18,23,27,33-34,36,38,43-44,49,54H,7-8,11-12,19-22,24-26H2,1-3H3,(H,45,51)(H,46,52)/t27-,33+,34+,36+,38-,42+/m0/s1. The average molecular weight is 783 g/mol. The molecule has 14 heteroatoms. The molecule has 56 heavy (non-hydrogen) atoms. The van der Waals surface area contributed by atoms with Crippen LogP contribution in [-0.2, 0) is 42.6 Å². The van der Waals surface area contributed by atoms with E-state index in [9.17, 15) is 24.3 Å². The Balaban J connectivity index is 1.20. The maximum absolute atomic E-state index is 15.1. The van der Waals surface area contributed by atoms with E-state index in [1.165, 1.54) is 0 Å². The molecule has 3 saturated heterocycles. The molecule has 7 rings (SSSR count). The number of nitrogens with one attached hydrogen (secondary N) is 4. The summed E-state index contributed by atoms with van der Waals surface area (Å²) in [5.41, 5.74) is 2.08. The molecule has 298 valence electrons. The second-order valence-corrected chi connectivity index (χ2v) is 20.2. The molecule has 0 bridgehead atoms. The number of hydrogen-bond acceptors (Lipinski definition) is 9. The molecule has 0 aliphatic carbocycles. The molecule has 0 aromatic heterocycles. The van der Waals surface area contributed by atoms with Crippen molar-refractivity contribution < 1.29 is 33.8 Å². The van der Waals surface area contributed by atoms with Gasteiger partial charge >= 0.3 is 0 Å². The zero-order valence-electron chi connectivity index (χ0n) is 32.4. The number of fused-ring (bicyclic) bond motifs is 2. The van der Waals surface area contributed by atoms with Crippen LogP contribution in [0.15, 0.2) is 72.8 Å². The highest BCUT2D eigenvalue weighted by Crippen LogP contribution is 2.60. The van der Waals surface area contributed by atoms with Crippen molar-refractivity contribution in [2.24, 2.45) is 5.92 Å². The first-order valence-corrected chi connectivity index (χ1v) is 22.9. The van der Waals surface area contributed by atoms with Gasteiger partial charge in [-0.25, -0.2) is 0 Å². The highest BCUT2D eigenvalue weighted by atomic mass is 28.4. The van der Waals surface area contributed by atoms with Gasteiger partial charge in [-0.3, -0.25) is 19.2 Å². The van der Waals surface area contributed by atoms with Crippen molar-refractivity contribution in [3.8, 4) is 0 Å². The number of rotatable bonds is 13. The van der Waals surface area contributed by atoms with Crippen LogP contribution in [0.25, 0.3) is 0 Å². The largest absolute Gasteiger partial charge is 0.432 e. The van der Waals surface area contributed by atoms with E-state index in [-0.39, 0.29) is 61.8 Å². The van der Waals surface area contributed by atoms with Crippen molar-refractivity contribution in [3.05, 3.63) is 89.5 Å². The molecule has 4 heterocycles. The first-order chi connectivity index (χ1) is 26.9. The van der Waals surface area contributed by atoms with Gasteiger partial charge in [-0.05, 0) is 93.3 Å². The van der Waals surface area contributed by atoms with Crippen LogP contribution in [0.1, 0.15) is 55.7 Å². The van der Waals surface area contributed by atoms with E-state index in [1.807, 2.05) is 86.7 Å². The zero-order chi connectivity index (χ0) is 39.6. The number of anilines is 3. The second kappa shape index (κ2) is 16.6. The summed E-state index contributed by atoms with van der Waals surface area (Å²) in [6, 6.07) is 21.9. The molecule has 0 saturated carbocycles. The lowest BCUT2D eigenvalue weighted by atomic mass is 9.82. The molecule has 4 aliphatic heterocycles. The molecule has 1 spiro atoms. The van der Waals surface area contributed by atoms with Gasteiger partial charge in [-0.15, -0.1) is 0 Å². The zero-order valence-corrected chi connectivity index (χ0v) is 33.4. The van der Waals surface area contributed by atoms with E-state index in [1.54, 1.807) is 15.9 Å². The molecule has 3 aromatic rings. The molecule has 4 amide bonds. The Bertz CT molecular complexity index is 1910. The predicted octanol–water partition coefficient (Wildman–Crippen LogP) is 3.82. The summed E-state index contributed by atoms with van der Waals surface area (Å²) < 4.78 is 6.98. The third-order valence-corrected chi connectivity index (χ3v) is 14.4. The van der Waals surface area contributed by atoms with Crippen molar-refractivity contribution in [1.29, 1.82) is 0 Å². The van der Waals surface area contributed by atoms with Gasteiger partial charge in [0.2, 0.25) is 17.7 Å². The third-order valence-electron chi connectivity index (χ3n) is 11.9. The van der Waals surface area contributed by atoms with Gasteiger partial charge in [-0.2, -0.15) is 0 Å². The Labute approximate surface area is 329 Å². The Hall–Kier alpha value is -4.44. The van der Waals surface area contributed by atoms with Crippen LogP contribution in [0.5, 0.6) is 0 Å². The van der Waals surface area contributed by atoms with Crippen LogP contribution in [-0.4, -0.2) is 91.2 Å². The topological polar surface area (TPSA) is 173 Å². The number of ether oxygens (including phenoxy) is 1. The van der Waals surface area contributed by atoms with Gasteiger partial charge in [-0.1, -0.05) is 49.4 Å². The number of hydrogen-bond donors (Lipinski definition) is 6. The SMILES string of the molecule is C[C@H]1[C@H]([Si](C)(C)O)[C@@H](CC(=O)N(CCO)Cc2ccccc2)O[C@]12C(=O)N(Cc1ccc(NC(=O)[C@H]3CCCN3)cc1)c1ccc(NC(=O)[C@H]3CCCN3)cc12. The van der Waals surface area contributed by atoms with Crippen LogP contribution in [0.4, 0.5) is 17.1 Å². The summed E-state index contributed by atoms with van der Waals surface area (Å²) in [4.78, 5) is 70.3.